The minimum Gasteiger partial charge on any atom is -0.459 e. The third-order valence-electron chi connectivity index (χ3n) is 4.92. The van der Waals surface area contributed by atoms with E-state index < -0.39 is 11.7 Å². The molecule has 4 nitrogen and oxygen atoms in total. The minimum absolute atomic E-state index is 0.0867. The van der Waals surface area contributed by atoms with Crippen molar-refractivity contribution >= 4 is 11.5 Å². The number of ether oxygens (including phenoxy) is 1. The summed E-state index contributed by atoms with van der Waals surface area (Å²) in [6.07, 6.45) is -1.04. The summed E-state index contributed by atoms with van der Waals surface area (Å²) in [5.41, 5.74) is 1.71. The molecule has 0 saturated carbocycles. The van der Waals surface area contributed by atoms with Crippen LogP contribution in [0.3, 0.4) is 0 Å². The molecular formula is C24H26F3N3O. The molecule has 0 bridgehead atoms. The van der Waals surface area contributed by atoms with Crippen LogP contribution in [-0.4, -0.2) is 16.5 Å². The van der Waals surface area contributed by atoms with Crippen molar-refractivity contribution in [2.45, 2.75) is 45.9 Å². The molecule has 0 fully saturated rings. The molecular weight excluding hydrogens is 403 g/mol. The first-order valence-electron chi connectivity index (χ1n) is 10.4. The molecule has 3 aromatic rings. The number of rotatable bonds is 9. The van der Waals surface area contributed by atoms with E-state index in [0.717, 1.165) is 42.3 Å². The highest BCUT2D eigenvalue weighted by Gasteiger charge is 2.37. The van der Waals surface area contributed by atoms with Gasteiger partial charge < -0.3 is 9.64 Å². The number of nitrogens with zero attached hydrogens (tertiary/aromatic N) is 3. The first-order chi connectivity index (χ1) is 14.9. The minimum atomic E-state index is -4.58. The van der Waals surface area contributed by atoms with E-state index in [4.69, 9.17) is 4.74 Å². The van der Waals surface area contributed by atoms with E-state index in [0.29, 0.717) is 6.54 Å². The second kappa shape index (κ2) is 10.3. The SMILES string of the molecule is CCCCc1ccccc1N(CC)c1nc(OCc2ccccc2)ncc1C(F)(F)F. The number of hydrogen-bond acceptors (Lipinski definition) is 4. The van der Waals surface area contributed by atoms with Crippen LogP contribution in [0.1, 0.15) is 43.4 Å². The van der Waals surface area contributed by atoms with Crippen LogP contribution in [0.25, 0.3) is 0 Å². The average Bonchev–Trinajstić information content (AvgIpc) is 2.77. The largest absolute Gasteiger partial charge is 0.459 e. The third-order valence-corrected chi connectivity index (χ3v) is 4.92. The summed E-state index contributed by atoms with van der Waals surface area (Å²) >= 11 is 0. The molecule has 2 aromatic carbocycles. The maximum absolute atomic E-state index is 13.8. The van der Waals surface area contributed by atoms with Crippen LogP contribution in [0.15, 0.2) is 60.8 Å². The topological polar surface area (TPSA) is 38.2 Å². The van der Waals surface area contributed by atoms with E-state index in [9.17, 15) is 13.2 Å². The lowest BCUT2D eigenvalue weighted by Crippen LogP contribution is -2.24. The zero-order chi connectivity index (χ0) is 22.3. The van der Waals surface area contributed by atoms with Crippen LogP contribution < -0.4 is 9.64 Å². The van der Waals surface area contributed by atoms with Crippen molar-refractivity contribution in [2.24, 2.45) is 0 Å². The number of halogens is 3. The van der Waals surface area contributed by atoms with Gasteiger partial charge in [0.1, 0.15) is 12.2 Å². The summed E-state index contributed by atoms with van der Waals surface area (Å²) < 4.78 is 47.0. The molecule has 0 spiro atoms. The molecule has 0 N–H and O–H groups in total. The molecule has 0 saturated heterocycles. The maximum Gasteiger partial charge on any atom is 0.421 e. The standard InChI is InChI=1S/C24H26F3N3O/c1-3-5-13-19-14-9-10-15-21(19)30(4-2)22-20(24(25,26)27)16-28-23(29-22)31-17-18-11-7-6-8-12-18/h6-12,14-16H,3-5,13,17H2,1-2H3. The number of unbranched alkanes of at least 4 members (excludes halogenated alkanes) is 1. The van der Waals surface area contributed by atoms with Gasteiger partial charge in [-0.25, -0.2) is 4.98 Å². The Labute approximate surface area is 180 Å². The molecule has 164 valence electrons. The first kappa shape index (κ1) is 22.6. The number of hydrogen-bond donors (Lipinski definition) is 0. The zero-order valence-electron chi connectivity index (χ0n) is 17.7. The van der Waals surface area contributed by atoms with Crippen molar-refractivity contribution in [1.29, 1.82) is 0 Å². The Morgan fingerprint density at radius 1 is 0.968 bits per heavy atom. The zero-order valence-corrected chi connectivity index (χ0v) is 17.7. The Balaban J connectivity index is 1.99. The van der Waals surface area contributed by atoms with Gasteiger partial charge in [-0.2, -0.15) is 18.2 Å². The Hall–Kier alpha value is -3.09. The summed E-state index contributed by atoms with van der Waals surface area (Å²) in [6, 6.07) is 16.8. The van der Waals surface area contributed by atoms with Crippen molar-refractivity contribution in [3.8, 4) is 6.01 Å². The number of benzene rings is 2. The van der Waals surface area contributed by atoms with E-state index >= 15 is 0 Å². The summed E-state index contributed by atoms with van der Waals surface area (Å²) in [5, 5.41) is 0. The van der Waals surface area contributed by atoms with E-state index in [2.05, 4.69) is 16.9 Å². The predicted octanol–water partition coefficient (Wildman–Crippen LogP) is 6.58. The summed E-state index contributed by atoms with van der Waals surface area (Å²) in [4.78, 5) is 9.61. The molecule has 3 rings (SSSR count). The lowest BCUT2D eigenvalue weighted by molar-refractivity contribution is -0.137. The molecule has 0 atom stereocenters. The molecule has 0 aliphatic rings. The third kappa shape index (κ3) is 5.75. The molecule has 0 aliphatic heterocycles. The monoisotopic (exact) mass is 429 g/mol. The van der Waals surface area contributed by atoms with Gasteiger partial charge in [0.2, 0.25) is 0 Å². The molecule has 0 amide bonds. The highest BCUT2D eigenvalue weighted by atomic mass is 19.4. The van der Waals surface area contributed by atoms with E-state index in [-0.39, 0.29) is 18.4 Å². The van der Waals surface area contributed by atoms with Gasteiger partial charge in [-0.1, -0.05) is 61.9 Å². The molecule has 0 aliphatic carbocycles. The second-order valence-electron chi connectivity index (χ2n) is 7.14. The Morgan fingerprint density at radius 3 is 2.35 bits per heavy atom. The Morgan fingerprint density at radius 2 is 1.68 bits per heavy atom. The quantitative estimate of drug-likeness (QED) is 0.385. The fourth-order valence-corrected chi connectivity index (χ4v) is 3.34. The van der Waals surface area contributed by atoms with E-state index in [1.165, 1.54) is 0 Å². The average molecular weight is 429 g/mol. The number of aromatic nitrogens is 2. The summed E-state index contributed by atoms with van der Waals surface area (Å²) in [6.45, 7) is 4.39. The van der Waals surface area contributed by atoms with Gasteiger partial charge in [-0.15, -0.1) is 0 Å². The lowest BCUT2D eigenvalue weighted by Gasteiger charge is -2.27. The van der Waals surface area contributed by atoms with E-state index in [1.807, 2.05) is 61.5 Å². The fraction of sp³-hybridized carbons (Fsp3) is 0.333. The van der Waals surface area contributed by atoms with Crippen molar-refractivity contribution in [2.75, 3.05) is 11.4 Å². The molecule has 1 aromatic heterocycles. The van der Waals surface area contributed by atoms with Gasteiger partial charge in [0.05, 0.1) is 0 Å². The predicted molar refractivity (Wildman–Crippen MR) is 116 cm³/mol. The van der Waals surface area contributed by atoms with Crippen molar-refractivity contribution in [1.82, 2.24) is 9.97 Å². The summed E-state index contributed by atoms with van der Waals surface area (Å²) in [5.74, 6) is -0.197. The van der Waals surface area contributed by atoms with Crippen LogP contribution in [0, 0.1) is 0 Å². The van der Waals surface area contributed by atoms with Crippen molar-refractivity contribution < 1.29 is 17.9 Å². The number of aryl methyl sites for hydroxylation is 1. The molecule has 0 radical (unpaired) electrons. The molecule has 0 unspecified atom stereocenters. The van der Waals surface area contributed by atoms with Crippen molar-refractivity contribution in [3.63, 3.8) is 0 Å². The first-order valence-corrected chi connectivity index (χ1v) is 10.4. The van der Waals surface area contributed by atoms with Gasteiger partial charge in [0.15, 0.2) is 5.82 Å². The van der Waals surface area contributed by atoms with Crippen LogP contribution in [0.5, 0.6) is 6.01 Å². The molecule has 1 heterocycles. The van der Waals surface area contributed by atoms with Crippen LogP contribution in [-0.2, 0) is 19.2 Å². The second-order valence-corrected chi connectivity index (χ2v) is 7.14. The number of anilines is 2. The van der Waals surface area contributed by atoms with Crippen LogP contribution >= 0.6 is 0 Å². The van der Waals surface area contributed by atoms with Crippen LogP contribution in [0.2, 0.25) is 0 Å². The number of para-hydroxylation sites is 1. The smallest absolute Gasteiger partial charge is 0.421 e. The van der Waals surface area contributed by atoms with Gasteiger partial charge in [-0.05, 0) is 37.0 Å². The number of alkyl halides is 3. The fourth-order valence-electron chi connectivity index (χ4n) is 3.34. The summed E-state index contributed by atoms with van der Waals surface area (Å²) in [7, 11) is 0. The molecule has 31 heavy (non-hydrogen) atoms. The highest BCUT2D eigenvalue weighted by Crippen LogP contribution is 2.39. The van der Waals surface area contributed by atoms with Gasteiger partial charge in [0, 0.05) is 18.4 Å². The van der Waals surface area contributed by atoms with Crippen LogP contribution in [0.4, 0.5) is 24.7 Å². The van der Waals surface area contributed by atoms with Gasteiger partial charge in [-0.3, -0.25) is 0 Å². The van der Waals surface area contributed by atoms with Gasteiger partial charge in [0.25, 0.3) is 0 Å². The highest BCUT2D eigenvalue weighted by molar-refractivity contribution is 5.66. The van der Waals surface area contributed by atoms with Crippen molar-refractivity contribution in [3.05, 3.63) is 77.5 Å². The van der Waals surface area contributed by atoms with Gasteiger partial charge >= 0.3 is 12.2 Å². The molecule has 7 heteroatoms. The van der Waals surface area contributed by atoms with E-state index in [1.54, 1.807) is 4.90 Å². The Kier molecular flexibility index (Phi) is 7.50. The normalized spacial score (nSPS) is 11.4. The lowest BCUT2D eigenvalue weighted by atomic mass is 10.0. The Bertz CT molecular complexity index is 977. The maximum atomic E-state index is 13.8.